The molecule has 0 saturated carbocycles. The molecule has 1 rings (SSSR count). The molecule has 0 aliphatic rings. The molecule has 1 unspecified atom stereocenters. The quantitative estimate of drug-likeness (QED) is 0.569. The van der Waals surface area contributed by atoms with E-state index in [9.17, 15) is 4.79 Å². The van der Waals surface area contributed by atoms with Gasteiger partial charge in [-0.1, -0.05) is 30.3 Å². The lowest BCUT2D eigenvalue weighted by Gasteiger charge is -2.25. The summed E-state index contributed by atoms with van der Waals surface area (Å²) in [6.45, 7) is 2.89. The van der Waals surface area contributed by atoms with E-state index in [0.717, 1.165) is 5.56 Å². The number of hydrogen-bond acceptors (Lipinski definition) is 4. The number of hydrogen-bond donors (Lipinski definition) is 0. The highest BCUT2D eigenvalue weighted by molar-refractivity contribution is 5.69. The summed E-state index contributed by atoms with van der Waals surface area (Å²) in [6.07, 6.45) is 0.297. The molecule has 1 aromatic rings. The van der Waals surface area contributed by atoms with E-state index in [1.807, 2.05) is 42.2 Å². The van der Waals surface area contributed by atoms with Crippen LogP contribution in [0.3, 0.4) is 0 Å². The van der Waals surface area contributed by atoms with Crippen LogP contribution in [-0.4, -0.2) is 30.6 Å². The third-order valence-electron chi connectivity index (χ3n) is 2.82. The van der Waals surface area contributed by atoms with Gasteiger partial charge in [-0.25, -0.2) is 0 Å². The van der Waals surface area contributed by atoms with Crippen LogP contribution in [0, 0.1) is 11.3 Å². The largest absolute Gasteiger partial charge is 0.469 e. The third-order valence-corrected chi connectivity index (χ3v) is 2.82. The Kier molecular flexibility index (Phi) is 5.89. The Morgan fingerprint density at radius 3 is 2.67 bits per heavy atom. The van der Waals surface area contributed by atoms with Crippen LogP contribution in [0.2, 0.25) is 0 Å². The van der Waals surface area contributed by atoms with Crippen molar-refractivity contribution >= 4 is 5.97 Å². The number of carbonyl (C=O) groups excluding carboxylic acids is 1. The van der Waals surface area contributed by atoms with Gasteiger partial charge in [0, 0.05) is 12.6 Å². The zero-order valence-electron chi connectivity index (χ0n) is 10.8. The van der Waals surface area contributed by atoms with Gasteiger partial charge in [0.15, 0.2) is 0 Å². The number of carbonyl (C=O) groups is 1. The molecule has 0 fully saturated rings. The van der Waals surface area contributed by atoms with Gasteiger partial charge in [0.25, 0.3) is 0 Å². The van der Waals surface area contributed by atoms with E-state index >= 15 is 0 Å². The minimum absolute atomic E-state index is 0.0164. The maximum absolute atomic E-state index is 11.3. The number of nitrogens with zero attached hydrogens (tertiary/aromatic N) is 2. The fraction of sp³-hybridized carbons (Fsp3) is 0.429. The van der Waals surface area contributed by atoms with Crippen LogP contribution < -0.4 is 0 Å². The SMILES string of the molecule is COC(=O)CC(C)N(CC#N)Cc1ccccc1. The summed E-state index contributed by atoms with van der Waals surface area (Å²) in [6, 6.07) is 12.0. The highest BCUT2D eigenvalue weighted by Crippen LogP contribution is 2.10. The van der Waals surface area contributed by atoms with Crippen LogP contribution in [0.5, 0.6) is 0 Å². The van der Waals surface area contributed by atoms with Crippen LogP contribution in [0.4, 0.5) is 0 Å². The molecule has 0 amide bonds. The molecular formula is C14H18N2O2. The van der Waals surface area contributed by atoms with E-state index in [4.69, 9.17) is 5.26 Å². The summed E-state index contributed by atoms with van der Waals surface area (Å²) in [5, 5.41) is 8.85. The third kappa shape index (κ3) is 4.56. The Hall–Kier alpha value is -1.86. The van der Waals surface area contributed by atoms with Crippen molar-refractivity contribution in [3.63, 3.8) is 0 Å². The van der Waals surface area contributed by atoms with Crippen LogP contribution in [0.15, 0.2) is 30.3 Å². The molecule has 1 aromatic carbocycles. The maximum Gasteiger partial charge on any atom is 0.307 e. The second kappa shape index (κ2) is 7.46. The molecular weight excluding hydrogens is 228 g/mol. The molecule has 0 aliphatic heterocycles. The van der Waals surface area contributed by atoms with Crippen molar-refractivity contribution in [3.05, 3.63) is 35.9 Å². The average Bonchev–Trinajstić information content (AvgIpc) is 2.39. The van der Waals surface area contributed by atoms with E-state index < -0.39 is 0 Å². The van der Waals surface area contributed by atoms with Gasteiger partial charge in [-0.15, -0.1) is 0 Å². The van der Waals surface area contributed by atoms with Crippen molar-refractivity contribution < 1.29 is 9.53 Å². The summed E-state index contributed by atoms with van der Waals surface area (Å²) in [5.74, 6) is -0.251. The monoisotopic (exact) mass is 246 g/mol. The molecule has 0 bridgehead atoms. The fourth-order valence-electron chi connectivity index (χ4n) is 1.73. The smallest absolute Gasteiger partial charge is 0.307 e. The molecule has 4 nitrogen and oxygen atoms in total. The number of rotatable bonds is 6. The Bertz CT molecular complexity index is 412. The molecule has 0 radical (unpaired) electrons. The Morgan fingerprint density at radius 1 is 1.44 bits per heavy atom. The van der Waals surface area contributed by atoms with Gasteiger partial charge in [0.1, 0.15) is 0 Å². The van der Waals surface area contributed by atoms with Gasteiger partial charge >= 0.3 is 5.97 Å². The Balaban J connectivity index is 2.65. The van der Waals surface area contributed by atoms with Crippen LogP contribution >= 0.6 is 0 Å². The molecule has 96 valence electrons. The normalized spacial score (nSPS) is 11.9. The van der Waals surface area contributed by atoms with Gasteiger partial charge in [0.2, 0.25) is 0 Å². The van der Waals surface area contributed by atoms with Crippen molar-refractivity contribution in [2.45, 2.75) is 25.9 Å². The lowest BCUT2D eigenvalue weighted by Crippen LogP contribution is -2.34. The predicted molar refractivity (Wildman–Crippen MR) is 68.6 cm³/mol. The van der Waals surface area contributed by atoms with Crippen molar-refractivity contribution in [1.29, 1.82) is 5.26 Å². The zero-order valence-corrected chi connectivity index (χ0v) is 10.8. The second-order valence-corrected chi connectivity index (χ2v) is 4.18. The van der Waals surface area contributed by atoms with E-state index in [-0.39, 0.29) is 12.0 Å². The molecule has 0 N–H and O–H groups in total. The minimum atomic E-state index is -0.251. The number of methoxy groups -OCH3 is 1. The van der Waals surface area contributed by atoms with E-state index in [1.165, 1.54) is 7.11 Å². The number of benzene rings is 1. The Morgan fingerprint density at radius 2 is 2.11 bits per heavy atom. The van der Waals surface area contributed by atoms with Gasteiger partial charge < -0.3 is 4.74 Å². The molecule has 0 spiro atoms. The molecule has 1 atom stereocenters. The first-order valence-corrected chi connectivity index (χ1v) is 5.89. The van der Waals surface area contributed by atoms with Gasteiger partial charge in [-0.2, -0.15) is 5.26 Å². The van der Waals surface area contributed by atoms with Crippen molar-refractivity contribution in [1.82, 2.24) is 4.90 Å². The van der Waals surface area contributed by atoms with Crippen LogP contribution in [-0.2, 0) is 16.1 Å². The van der Waals surface area contributed by atoms with Crippen LogP contribution in [0.25, 0.3) is 0 Å². The summed E-state index contributed by atoms with van der Waals surface area (Å²) in [5.41, 5.74) is 1.13. The summed E-state index contributed by atoms with van der Waals surface area (Å²) in [4.78, 5) is 13.2. The first-order valence-electron chi connectivity index (χ1n) is 5.89. The zero-order chi connectivity index (χ0) is 13.4. The number of ether oxygens (including phenoxy) is 1. The second-order valence-electron chi connectivity index (χ2n) is 4.18. The predicted octanol–water partition coefficient (Wildman–Crippen LogP) is 1.96. The maximum atomic E-state index is 11.3. The molecule has 0 heterocycles. The lowest BCUT2D eigenvalue weighted by molar-refractivity contribution is -0.141. The average molecular weight is 246 g/mol. The van der Waals surface area contributed by atoms with E-state index in [1.54, 1.807) is 0 Å². The first-order chi connectivity index (χ1) is 8.67. The topological polar surface area (TPSA) is 53.3 Å². The van der Waals surface area contributed by atoms with E-state index in [2.05, 4.69) is 10.8 Å². The molecule has 0 saturated heterocycles. The summed E-state index contributed by atoms with van der Waals surface area (Å²) in [7, 11) is 1.38. The standard InChI is InChI=1S/C14H18N2O2/c1-12(10-14(17)18-2)16(9-8-15)11-13-6-4-3-5-7-13/h3-7,12H,9-11H2,1-2H3. The lowest BCUT2D eigenvalue weighted by atomic mass is 10.1. The van der Waals surface area contributed by atoms with Gasteiger partial charge in [0.05, 0.1) is 26.1 Å². The van der Waals surface area contributed by atoms with E-state index in [0.29, 0.717) is 19.5 Å². The van der Waals surface area contributed by atoms with Crippen LogP contribution in [0.1, 0.15) is 18.9 Å². The molecule has 18 heavy (non-hydrogen) atoms. The Labute approximate surface area is 108 Å². The highest BCUT2D eigenvalue weighted by atomic mass is 16.5. The fourth-order valence-corrected chi connectivity index (χ4v) is 1.73. The van der Waals surface area contributed by atoms with Crippen molar-refractivity contribution in [2.75, 3.05) is 13.7 Å². The minimum Gasteiger partial charge on any atom is -0.469 e. The number of esters is 1. The highest BCUT2D eigenvalue weighted by Gasteiger charge is 2.17. The molecule has 0 aromatic heterocycles. The van der Waals surface area contributed by atoms with Crippen molar-refractivity contribution in [2.24, 2.45) is 0 Å². The van der Waals surface area contributed by atoms with Gasteiger partial charge in [-0.3, -0.25) is 9.69 Å². The first kappa shape index (κ1) is 14.2. The van der Waals surface area contributed by atoms with Gasteiger partial charge in [-0.05, 0) is 12.5 Å². The summed E-state index contributed by atoms with van der Waals surface area (Å²) >= 11 is 0. The summed E-state index contributed by atoms with van der Waals surface area (Å²) < 4.78 is 4.65. The molecule has 0 aliphatic carbocycles. The molecule has 4 heteroatoms. The number of nitriles is 1. The van der Waals surface area contributed by atoms with Crippen molar-refractivity contribution in [3.8, 4) is 6.07 Å².